The third kappa shape index (κ3) is 5.05. The van der Waals surface area contributed by atoms with Crippen LogP contribution in [0.5, 0.6) is 0 Å². The molecule has 1 aliphatic carbocycles. The van der Waals surface area contributed by atoms with Gasteiger partial charge in [-0.05, 0) is 18.4 Å². The largest absolute Gasteiger partial charge is 0.465 e. The van der Waals surface area contributed by atoms with Gasteiger partial charge in [-0.15, -0.1) is 0 Å². The average Bonchev–Trinajstić information content (AvgIpc) is 3.26. The Kier molecular flexibility index (Phi) is 5.17. The molecule has 1 saturated carbocycles. The fourth-order valence-electron chi connectivity index (χ4n) is 1.62. The molecule has 1 aromatic carbocycles. The molecule has 0 aliphatic heterocycles. The summed E-state index contributed by atoms with van der Waals surface area (Å²) in [6, 6.07) is 9.55. The van der Waals surface area contributed by atoms with Crippen molar-refractivity contribution >= 4 is 28.8 Å². The smallest absolute Gasteiger partial charge is 0.410 e. The maximum absolute atomic E-state index is 11.6. The number of amides is 1. The number of thioether (sulfide) groups is 1. The van der Waals surface area contributed by atoms with E-state index in [-0.39, 0.29) is 22.6 Å². The molecule has 0 saturated heterocycles. The second-order valence-electron chi connectivity index (χ2n) is 4.57. The van der Waals surface area contributed by atoms with Crippen LogP contribution in [0.3, 0.4) is 0 Å². The van der Waals surface area contributed by atoms with Crippen LogP contribution in [-0.4, -0.2) is 27.9 Å². The minimum atomic E-state index is -1.16. The summed E-state index contributed by atoms with van der Waals surface area (Å²) in [6.45, 7) is 0.390. The van der Waals surface area contributed by atoms with Gasteiger partial charge in [-0.3, -0.25) is 15.1 Å². The van der Waals surface area contributed by atoms with Crippen LogP contribution in [-0.2, 0) is 11.3 Å². The number of aliphatic imine (C=N–C) groups is 1. The predicted molar refractivity (Wildman–Crippen MR) is 78.9 cm³/mol. The molecule has 20 heavy (non-hydrogen) atoms. The summed E-state index contributed by atoms with van der Waals surface area (Å²) < 4.78 is 0. The van der Waals surface area contributed by atoms with Gasteiger partial charge in [-0.25, -0.2) is 4.79 Å². The highest BCUT2D eigenvalue weighted by Gasteiger charge is 2.29. The molecule has 0 spiro atoms. The zero-order valence-corrected chi connectivity index (χ0v) is 11.7. The lowest BCUT2D eigenvalue weighted by atomic mass is 10.2. The minimum Gasteiger partial charge on any atom is -0.465 e. The monoisotopic (exact) mass is 292 g/mol. The van der Waals surface area contributed by atoms with E-state index in [2.05, 4.69) is 10.3 Å². The number of carbonyl (C=O) groups is 2. The first-order chi connectivity index (χ1) is 9.65. The Morgan fingerprint density at radius 2 is 2.00 bits per heavy atom. The Morgan fingerprint density at radius 1 is 1.30 bits per heavy atom. The highest BCUT2D eigenvalue weighted by atomic mass is 32.2. The minimum absolute atomic E-state index is 0.176. The zero-order chi connectivity index (χ0) is 14.4. The van der Waals surface area contributed by atoms with Crippen LogP contribution in [0.15, 0.2) is 35.3 Å². The van der Waals surface area contributed by atoms with Crippen LogP contribution in [0.4, 0.5) is 4.79 Å². The standard InChI is InChI=1S/C14H16N2O3S/c17-12(11-6-7-11)9-20-13(16-14(18)19)15-8-10-4-2-1-3-5-10/h1-5,11H,6-9H2,(H,15,16)(H,18,19). The van der Waals surface area contributed by atoms with Gasteiger partial charge in [0.25, 0.3) is 0 Å². The number of hydrogen-bond donors (Lipinski definition) is 2. The Morgan fingerprint density at radius 3 is 2.60 bits per heavy atom. The average molecular weight is 292 g/mol. The van der Waals surface area contributed by atoms with Gasteiger partial charge in [-0.2, -0.15) is 0 Å². The third-order valence-corrected chi connectivity index (χ3v) is 3.78. The fourth-order valence-corrected chi connectivity index (χ4v) is 2.45. The number of ketones is 1. The summed E-state index contributed by atoms with van der Waals surface area (Å²) in [4.78, 5) is 26.6. The van der Waals surface area contributed by atoms with Gasteiger partial charge in [-0.1, -0.05) is 42.1 Å². The van der Waals surface area contributed by atoms with Crippen LogP contribution in [0, 0.1) is 5.92 Å². The highest BCUT2D eigenvalue weighted by Crippen LogP contribution is 2.30. The van der Waals surface area contributed by atoms with Gasteiger partial charge < -0.3 is 5.11 Å². The number of nitrogens with one attached hydrogen (secondary N) is 1. The fraction of sp³-hybridized carbons (Fsp3) is 0.357. The van der Waals surface area contributed by atoms with Crippen LogP contribution >= 0.6 is 11.8 Å². The first-order valence-corrected chi connectivity index (χ1v) is 7.37. The van der Waals surface area contributed by atoms with Crippen LogP contribution in [0.2, 0.25) is 0 Å². The number of rotatable bonds is 5. The molecule has 1 fully saturated rings. The van der Waals surface area contributed by atoms with E-state index in [0.29, 0.717) is 6.54 Å². The molecule has 0 heterocycles. The van der Waals surface area contributed by atoms with Crippen LogP contribution < -0.4 is 5.32 Å². The van der Waals surface area contributed by atoms with E-state index in [0.717, 1.165) is 30.2 Å². The Hall–Kier alpha value is -1.82. The summed E-state index contributed by atoms with van der Waals surface area (Å²) in [5.41, 5.74) is 0.992. The lowest BCUT2D eigenvalue weighted by Gasteiger charge is -2.05. The van der Waals surface area contributed by atoms with E-state index in [1.54, 1.807) is 0 Å². The first kappa shape index (κ1) is 14.6. The molecule has 0 radical (unpaired) electrons. The van der Waals surface area contributed by atoms with Gasteiger partial charge in [0.2, 0.25) is 0 Å². The highest BCUT2D eigenvalue weighted by molar-refractivity contribution is 8.14. The maximum atomic E-state index is 11.6. The summed E-state index contributed by atoms with van der Waals surface area (Å²) >= 11 is 1.15. The molecule has 5 nitrogen and oxygen atoms in total. The Labute approximate surface area is 121 Å². The molecular formula is C14H16N2O3S. The van der Waals surface area contributed by atoms with Gasteiger partial charge in [0.15, 0.2) is 5.17 Å². The van der Waals surface area contributed by atoms with Crippen molar-refractivity contribution in [3.05, 3.63) is 35.9 Å². The summed E-state index contributed by atoms with van der Waals surface area (Å²) in [7, 11) is 0. The topological polar surface area (TPSA) is 78.8 Å². The quantitative estimate of drug-likeness (QED) is 0.645. The number of amidine groups is 1. The van der Waals surface area contributed by atoms with Gasteiger partial charge in [0, 0.05) is 5.92 Å². The zero-order valence-electron chi connectivity index (χ0n) is 10.9. The number of Topliss-reactive ketones (excluding diaryl/α,β-unsaturated/α-hetero) is 1. The van der Waals surface area contributed by atoms with Crippen molar-refractivity contribution in [1.29, 1.82) is 0 Å². The summed E-state index contributed by atoms with van der Waals surface area (Å²) in [5, 5.41) is 11.3. The molecular weight excluding hydrogens is 276 g/mol. The van der Waals surface area contributed by atoms with Crippen molar-refractivity contribution in [2.75, 3.05) is 5.75 Å². The van der Waals surface area contributed by atoms with Crippen molar-refractivity contribution < 1.29 is 14.7 Å². The molecule has 6 heteroatoms. The number of carboxylic acid groups (broad SMARTS) is 1. The SMILES string of the molecule is O=C(O)NC(=NCc1ccccc1)SCC(=O)C1CC1. The van der Waals surface area contributed by atoms with Crippen molar-refractivity contribution in [2.45, 2.75) is 19.4 Å². The predicted octanol–water partition coefficient (Wildman–Crippen LogP) is 2.52. The number of benzene rings is 1. The molecule has 1 aromatic rings. The second-order valence-corrected chi connectivity index (χ2v) is 5.53. The number of nitrogens with zero attached hydrogens (tertiary/aromatic N) is 1. The maximum Gasteiger partial charge on any atom is 0.410 e. The van der Waals surface area contributed by atoms with E-state index < -0.39 is 6.09 Å². The first-order valence-electron chi connectivity index (χ1n) is 6.39. The molecule has 106 valence electrons. The molecule has 2 rings (SSSR count). The third-order valence-electron chi connectivity index (χ3n) is 2.85. The molecule has 0 unspecified atom stereocenters. The van der Waals surface area contributed by atoms with Gasteiger partial charge >= 0.3 is 6.09 Å². The van der Waals surface area contributed by atoms with E-state index in [1.807, 2.05) is 30.3 Å². The molecule has 1 aliphatic rings. The van der Waals surface area contributed by atoms with Crippen molar-refractivity contribution in [3.63, 3.8) is 0 Å². The van der Waals surface area contributed by atoms with Crippen LogP contribution in [0.1, 0.15) is 18.4 Å². The second kappa shape index (κ2) is 7.09. The number of carbonyl (C=O) groups excluding carboxylic acids is 1. The van der Waals surface area contributed by atoms with E-state index in [4.69, 9.17) is 5.11 Å². The molecule has 0 atom stereocenters. The van der Waals surface area contributed by atoms with Crippen molar-refractivity contribution in [2.24, 2.45) is 10.9 Å². The van der Waals surface area contributed by atoms with E-state index in [1.165, 1.54) is 0 Å². The summed E-state index contributed by atoms with van der Waals surface area (Å²) in [5.74, 6) is 0.635. The van der Waals surface area contributed by atoms with Crippen molar-refractivity contribution in [1.82, 2.24) is 5.32 Å². The van der Waals surface area contributed by atoms with Gasteiger partial charge in [0.1, 0.15) is 5.78 Å². The van der Waals surface area contributed by atoms with E-state index >= 15 is 0 Å². The number of hydrogen-bond acceptors (Lipinski definition) is 4. The molecule has 0 aromatic heterocycles. The van der Waals surface area contributed by atoms with Gasteiger partial charge in [0.05, 0.1) is 12.3 Å². The summed E-state index contributed by atoms with van der Waals surface area (Å²) in [6.07, 6.45) is 0.757. The lowest BCUT2D eigenvalue weighted by Crippen LogP contribution is -2.27. The van der Waals surface area contributed by atoms with Crippen LogP contribution in [0.25, 0.3) is 0 Å². The Bertz CT molecular complexity index is 512. The normalized spacial score (nSPS) is 14.9. The molecule has 1 amide bonds. The molecule has 2 N–H and O–H groups in total. The molecule has 0 bridgehead atoms. The van der Waals surface area contributed by atoms with E-state index in [9.17, 15) is 9.59 Å². The Balaban J connectivity index is 1.91. The van der Waals surface area contributed by atoms with Crippen molar-refractivity contribution in [3.8, 4) is 0 Å². The lowest BCUT2D eigenvalue weighted by molar-refractivity contribution is -0.117.